The second kappa shape index (κ2) is 14.4. The molecule has 12 nitrogen and oxygen atoms in total. The number of hydrazine groups is 1. The molecule has 14 heteroatoms. The Kier molecular flexibility index (Phi) is 10.7. The Morgan fingerprint density at radius 3 is 2.60 bits per heavy atom. The molecular formula is C33H47BN6O6S. The van der Waals surface area contributed by atoms with Gasteiger partial charge in [0.2, 0.25) is 11.8 Å². The lowest BCUT2D eigenvalue weighted by Crippen LogP contribution is -2.65. The Labute approximate surface area is 281 Å². The summed E-state index contributed by atoms with van der Waals surface area (Å²) in [4.78, 5) is 42.6. The molecule has 0 aromatic heterocycles. The first-order valence-electron chi connectivity index (χ1n) is 16.5. The van der Waals surface area contributed by atoms with Gasteiger partial charge < -0.3 is 25.7 Å². The summed E-state index contributed by atoms with van der Waals surface area (Å²) in [5.41, 5.74) is 7.15. The van der Waals surface area contributed by atoms with Gasteiger partial charge in [0.15, 0.2) is 5.03 Å². The molecule has 2 aromatic rings. The van der Waals surface area contributed by atoms with Crippen LogP contribution in [0.15, 0.2) is 52.4 Å². The van der Waals surface area contributed by atoms with Crippen molar-refractivity contribution in [2.45, 2.75) is 95.3 Å². The van der Waals surface area contributed by atoms with Gasteiger partial charge in [-0.15, -0.1) is 11.8 Å². The average Bonchev–Trinajstić information content (AvgIpc) is 3.37. The Morgan fingerprint density at radius 2 is 1.89 bits per heavy atom. The van der Waals surface area contributed by atoms with Crippen LogP contribution < -0.4 is 21.8 Å². The van der Waals surface area contributed by atoms with E-state index in [2.05, 4.69) is 50.2 Å². The number of nitrogens with two attached hydrogens (primary N) is 1. The zero-order valence-corrected chi connectivity index (χ0v) is 28.7. The molecule has 47 heavy (non-hydrogen) atoms. The number of carbonyl (C=O) groups excluding carboxylic acids is 2. The molecular weight excluding hydrogens is 619 g/mol. The molecule has 0 spiro atoms. The third kappa shape index (κ3) is 8.03. The largest absolute Gasteiger partial charge is 0.481 e. The standard InChI is InChI=1S/C33H47BN6O6S/c1-20(2)15-28(34-45-27-18-23-17-26(32(23,3)4)33(27,5)46-34)38-30(42)25(11-8-14-36-31(35)39-40(43)44)37-29(41)19-47-24-13-12-21-9-6-7-10-22(21)16-24/h6-7,9-10,12-13,16,20,23,25-28H,8,11,14-15,17-19H2,1-5H3,(H,37,41)(H,38,42)(H3,35,36,39)/t23-,25+,26-,27-,28+,33+/m1/s1. The van der Waals surface area contributed by atoms with Crippen molar-refractivity contribution in [3.63, 3.8) is 0 Å². The fraction of sp³-hybridized carbons (Fsp3) is 0.606. The molecule has 4 fully saturated rings. The van der Waals surface area contributed by atoms with Crippen LogP contribution in [0.2, 0.25) is 0 Å². The summed E-state index contributed by atoms with van der Waals surface area (Å²) in [5, 5.41) is 18.2. The van der Waals surface area contributed by atoms with E-state index in [4.69, 9.17) is 15.0 Å². The maximum absolute atomic E-state index is 13.9. The molecule has 1 aliphatic heterocycles. The Balaban J connectivity index is 1.25. The Morgan fingerprint density at radius 1 is 1.15 bits per heavy atom. The van der Waals surface area contributed by atoms with Gasteiger partial charge in [0.05, 0.1) is 23.4 Å². The van der Waals surface area contributed by atoms with E-state index in [0.717, 1.165) is 28.5 Å². The summed E-state index contributed by atoms with van der Waals surface area (Å²) in [6.07, 6.45) is 3.32. The van der Waals surface area contributed by atoms with Crippen molar-refractivity contribution >= 4 is 47.4 Å². The molecule has 1 heterocycles. The van der Waals surface area contributed by atoms with Gasteiger partial charge in [-0.3, -0.25) is 9.59 Å². The van der Waals surface area contributed by atoms with Crippen molar-refractivity contribution in [2.24, 2.45) is 33.9 Å². The van der Waals surface area contributed by atoms with Crippen molar-refractivity contribution in [3.8, 4) is 0 Å². The summed E-state index contributed by atoms with van der Waals surface area (Å²) < 4.78 is 13.3. The minimum absolute atomic E-state index is 0.0189. The number of nitro groups is 1. The molecule has 0 unspecified atom stereocenters. The topological polar surface area (TPSA) is 170 Å². The highest BCUT2D eigenvalue weighted by Crippen LogP contribution is 2.65. The summed E-state index contributed by atoms with van der Waals surface area (Å²) in [6.45, 7) is 11.1. The number of rotatable bonds is 14. The number of hydrogen-bond donors (Lipinski definition) is 4. The maximum atomic E-state index is 13.9. The van der Waals surface area contributed by atoms with Gasteiger partial charge in [-0.25, -0.2) is 15.1 Å². The van der Waals surface area contributed by atoms with Crippen LogP contribution in [-0.4, -0.2) is 65.9 Å². The van der Waals surface area contributed by atoms with Gasteiger partial charge in [-0.2, -0.15) is 0 Å². The van der Waals surface area contributed by atoms with Gasteiger partial charge in [-0.1, -0.05) is 63.5 Å². The SMILES string of the molecule is CC(C)C[C@H](NC(=O)[C@H](CCCN=C(N)N[N+](=O)[O-])NC(=O)CSc1ccc2ccccc2c1)B1O[C@@H]2C[C@H]3C[C@H](C3(C)C)[C@]2(C)O1. The lowest BCUT2D eigenvalue weighted by atomic mass is 9.43. The van der Waals surface area contributed by atoms with Crippen molar-refractivity contribution in [2.75, 3.05) is 12.3 Å². The van der Waals surface area contributed by atoms with Gasteiger partial charge >= 0.3 is 7.12 Å². The number of nitrogens with zero attached hydrogens (tertiary/aromatic N) is 2. The van der Waals surface area contributed by atoms with Crippen molar-refractivity contribution in [3.05, 3.63) is 52.6 Å². The first kappa shape index (κ1) is 35.0. The fourth-order valence-electron chi connectivity index (χ4n) is 7.64. The zero-order chi connectivity index (χ0) is 33.9. The lowest BCUT2D eigenvalue weighted by Gasteiger charge is -2.64. The summed E-state index contributed by atoms with van der Waals surface area (Å²) >= 11 is 1.40. The molecule has 3 aliphatic carbocycles. The number of amides is 2. The van der Waals surface area contributed by atoms with Crippen molar-refractivity contribution < 1.29 is 23.9 Å². The predicted molar refractivity (Wildman–Crippen MR) is 184 cm³/mol. The van der Waals surface area contributed by atoms with Gasteiger partial charge in [0.1, 0.15) is 6.04 Å². The van der Waals surface area contributed by atoms with Crippen LogP contribution in [0.5, 0.6) is 0 Å². The van der Waals surface area contributed by atoms with Gasteiger partial charge in [-0.05, 0) is 85.1 Å². The summed E-state index contributed by atoms with van der Waals surface area (Å²) in [7, 11) is -0.594. The quantitative estimate of drug-likeness (QED) is 0.0441. The molecule has 6 atom stereocenters. The van der Waals surface area contributed by atoms with E-state index in [1.807, 2.05) is 47.9 Å². The molecule has 2 aromatic carbocycles. The van der Waals surface area contributed by atoms with E-state index >= 15 is 0 Å². The second-order valence-corrected chi connectivity index (χ2v) is 15.3. The number of nitrogens with one attached hydrogen (secondary N) is 3. The van der Waals surface area contributed by atoms with E-state index < -0.39 is 29.7 Å². The molecule has 1 saturated heterocycles. The van der Waals surface area contributed by atoms with E-state index in [0.29, 0.717) is 24.7 Å². The molecule has 4 aliphatic rings. The first-order valence-corrected chi connectivity index (χ1v) is 17.5. The number of guanidine groups is 1. The van der Waals surface area contributed by atoms with Crippen LogP contribution in [0, 0.1) is 33.3 Å². The normalized spacial score (nSPS) is 25.9. The zero-order valence-electron chi connectivity index (χ0n) is 27.9. The number of thioether (sulfide) groups is 1. The van der Waals surface area contributed by atoms with Crippen LogP contribution >= 0.6 is 11.8 Å². The first-order chi connectivity index (χ1) is 22.3. The number of fused-ring (bicyclic) bond motifs is 1. The molecule has 5 N–H and O–H groups in total. The van der Waals surface area contributed by atoms with E-state index in [1.165, 1.54) is 11.8 Å². The van der Waals surface area contributed by atoms with Gasteiger partial charge in [0, 0.05) is 11.4 Å². The third-order valence-corrected chi connectivity index (χ3v) is 11.2. The molecule has 2 bridgehead atoms. The highest BCUT2D eigenvalue weighted by Gasteiger charge is 2.68. The number of carbonyl (C=O) groups is 2. The molecule has 254 valence electrons. The van der Waals surface area contributed by atoms with Crippen LogP contribution in [0.3, 0.4) is 0 Å². The number of benzene rings is 2. The number of aliphatic imine (C=N–C) groups is 1. The molecule has 3 saturated carbocycles. The molecule has 2 amide bonds. The van der Waals surface area contributed by atoms with E-state index in [-0.39, 0.29) is 53.9 Å². The molecule has 0 radical (unpaired) electrons. The Hall–Kier alpha value is -3.36. The van der Waals surface area contributed by atoms with Crippen molar-refractivity contribution in [1.82, 2.24) is 16.1 Å². The van der Waals surface area contributed by atoms with E-state index in [9.17, 15) is 19.7 Å². The van der Waals surface area contributed by atoms with Crippen LogP contribution in [0.25, 0.3) is 10.8 Å². The highest BCUT2D eigenvalue weighted by atomic mass is 32.2. The van der Waals surface area contributed by atoms with E-state index in [1.54, 1.807) is 0 Å². The second-order valence-electron chi connectivity index (χ2n) is 14.3. The van der Waals surface area contributed by atoms with Crippen LogP contribution in [0.4, 0.5) is 0 Å². The Bertz CT molecular complexity index is 1510. The summed E-state index contributed by atoms with van der Waals surface area (Å²) in [5.74, 6) is 0.0330. The smallest absolute Gasteiger partial charge is 0.404 e. The third-order valence-electron chi connectivity index (χ3n) is 10.2. The molecule has 6 rings (SSSR count). The fourth-order valence-corrected chi connectivity index (χ4v) is 8.39. The van der Waals surface area contributed by atoms with Gasteiger partial charge in [0.25, 0.3) is 5.96 Å². The number of hydrogen-bond acceptors (Lipinski definition) is 8. The van der Waals surface area contributed by atoms with Crippen LogP contribution in [-0.2, 0) is 18.9 Å². The monoisotopic (exact) mass is 666 g/mol. The average molecular weight is 667 g/mol. The van der Waals surface area contributed by atoms with Crippen LogP contribution in [0.1, 0.15) is 66.7 Å². The predicted octanol–water partition coefficient (Wildman–Crippen LogP) is 4.09. The highest BCUT2D eigenvalue weighted by molar-refractivity contribution is 8.00. The van der Waals surface area contributed by atoms with Crippen molar-refractivity contribution in [1.29, 1.82) is 0 Å². The lowest BCUT2D eigenvalue weighted by molar-refractivity contribution is -0.525. The minimum Gasteiger partial charge on any atom is -0.404 e. The minimum atomic E-state index is -0.861. The maximum Gasteiger partial charge on any atom is 0.481 e. The summed E-state index contributed by atoms with van der Waals surface area (Å²) in [6, 6.07) is 13.2.